The summed E-state index contributed by atoms with van der Waals surface area (Å²) in [6, 6.07) is 9.70. The van der Waals surface area contributed by atoms with Gasteiger partial charge in [0.15, 0.2) is 5.90 Å². The van der Waals surface area contributed by atoms with Gasteiger partial charge in [0.05, 0.1) is 12.5 Å². The Labute approximate surface area is 118 Å². The molecule has 5 nitrogen and oxygen atoms in total. The molecule has 0 saturated carbocycles. The lowest BCUT2D eigenvalue weighted by molar-refractivity contribution is 0.103. The predicted octanol–water partition coefficient (Wildman–Crippen LogP) is 2.07. The molecule has 1 saturated heterocycles. The average molecular weight is 274 g/mol. The van der Waals surface area contributed by atoms with E-state index in [0.717, 1.165) is 24.4 Å². The van der Waals surface area contributed by atoms with Crippen molar-refractivity contribution in [2.45, 2.75) is 13.0 Å². The molecule has 2 aliphatic rings. The van der Waals surface area contributed by atoms with Crippen molar-refractivity contribution >= 4 is 12.0 Å². The summed E-state index contributed by atoms with van der Waals surface area (Å²) in [5.74, 6) is 1.05. The fourth-order valence-corrected chi connectivity index (χ4v) is 2.54. The minimum Gasteiger partial charge on any atom is -0.479 e. The average Bonchev–Trinajstić information content (AvgIpc) is 3.16. The molecule has 1 atom stereocenters. The van der Waals surface area contributed by atoms with Crippen LogP contribution >= 0.6 is 0 Å². The molecule has 106 valence electrons. The molecule has 0 bridgehead atoms. The Balaban J connectivity index is 1.49. The SMILES string of the molecule is O=C(OCc1ccccc1)N1CC[C@@H](C2=NCCO2)C1. The standard InChI is InChI=1S/C15H18N2O3/c18-15(20-11-12-4-2-1-3-5-12)17-8-6-13(10-17)14-16-7-9-19-14/h1-5,13H,6-11H2/t13-/m1/s1. The minimum atomic E-state index is -0.255. The molecule has 0 radical (unpaired) electrons. The number of hydrogen-bond acceptors (Lipinski definition) is 4. The van der Waals surface area contributed by atoms with E-state index in [2.05, 4.69) is 4.99 Å². The Hall–Kier alpha value is -2.04. The third-order valence-electron chi connectivity index (χ3n) is 3.61. The van der Waals surface area contributed by atoms with Gasteiger partial charge in [-0.3, -0.25) is 4.99 Å². The number of carbonyl (C=O) groups is 1. The molecule has 1 aromatic carbocycles. The van der Waals surface area contributed by atoms with Crippen LogP contribution in [0.1, 0.15) is 12.0 Å². The molecule has 2 heterocycles. The third kappa shape index (κ3) is 2.92. The van der Waals surface area contributed by atoms with Gasteiger partial charge >= 0.3 is 6.09 Å². The maximum absolute atomic E-state index is 12.0. The van der Waals surface area contributed by atoms with E-state index in [1.54, 1.807) is 4.90 Å². The first-order valence-corrected chi connectivity index (χ1v) is 6.96. The monoisotopic (exact) mass is 274 g/mol. The molecule has 0 spiro atoms. The van der Waals surface area contributed by atoms with Gasteiger partial charge in [-0.1, -0.05) is 30.3 Å². The highest BCUT2D eigenvalue weighted by Crippen LogP contribution is 2.21. The fraction of sp³-hybridized carbons (Fsp3) is 0.467. The number of likely N-dealkylation sites (tertiary alicyclic amines) is 1. The van der Waals surface area contributed by atoms with Crippen molar-refractivity contribution in [3.8, 4) is 0 Å². The van der Waals surface area contributed by atoms with Crippen LogP contribution in [0.5, 0.6) is 0 Å². The van der Waals surface area contributed by atoms with Crippen molar-refractivity contribution in [1.29, 1.82) is 0 Å². The van der Waals surface area contributed by atoms with Crippen LogP contribution in [0.3, 0.4) is 0 Å². The summed E-state index contributed by atoms with van der Waals surface area (Å²) in [7, 11) is 0. The minimum absolute atomic E-state index is 0.238. The molecule has 1 fully saturated rings. The number of hydrogen-bond donors (Lipinski definition) is 0. The van der Waals surface area contributed by atoms with Crippen molar-refractivity contribution in [1.82, 2.24) is 4.90 Å². The Bertz CT molecular complexity index is 501. The first-order valence-electron chi connectivity index (χ1n) is 6.96. The van der Waals surface area contributed by atoms with Crippen LogP contribution in [0.15, 0.2) is 35.3 Å². The Morgan fingerprint density at radius 3 is 3.00 bits per heavy atom. The zero-order valence-corrected chi connectivity index (χ0v) is 11.3. The van der Waals surface area contributed by atoms with E-state index < -0.39 is 0 Å². The van der Waals surface area contributed by atoms with Crippen LogP contribution < -0.4 is 0 Å². The van der Waals surface area contributed by atoms with Crippen LogP contribution in [0.2, 0.25) is 0 Å². The van der Waals surface area contributed by atoms with E-state index in [1.807, 2.05) is 30.3 Å². The number of amides is 1. The number of aliphatic imine (C=N–C) groups is 1. The summed E-state index contributed by atoms with van der Waals surface area (Å²) < 4.78 is 10.8. The first kappa shape index (κ1) is 13.0. The van der Waals surface area contributed by atoms with Gasteiger partial charge in [0.1, 0.15) is 13.2 Å². The Morgan fingerprint density at radius 2 is 2.25 bits per heavy atom. The summed E-state index contributed by atoms with van der Waals surface area (Å²) >= 11 is 0. The van der Waals surface area contributed by atoms with Gasteiger partial charge in [-0.05, 0) is 12.0 Å². The molecular weight excluding hydrogens is 256 g/mol. The molecular formula is C15H18N2O3. The van der Waals surface area contributed by atoms with Gasteiger partial charge < -0.3 is 14.4 Å². The van der Waals surface area contributed by atoms with Gasteiger partial charge in [0, 0.05) is 13.1 Å². The van der Waals surface area contributed by atoms with Gasteiger partial charge in [0.2, 0.25) is 0 Å². The van der Waals surface area contributed by atoms with Crippen molar-refractivity contribution < 1.29 is 14.3 Å². The highest BCUT2D eigenvalue weighted by Gasteiger charge is 2.32. The second kappa shape index (κ2) is 5.94. The lowest BCUT2D eigenvalue weighted by Gasteiger charge is -2.16. The number of benzene rings is 1. The highest BCUT2D eigenvalue weighted by molar-refractivity contribution is 5.81. The number of ether oxygens (including phenoxy) is 2. The predicted molar refractivity (Wildman–Crippen MR) is 74.6 cm³/mol. The zero-order chi connectivity index (χ0) is 13.8. The largest absolute Gasteiger partial charge is 0.479 e. The smallest absolute Gasteiger partial charge is 0.410 e. The van der Waals surface area contributed by atoms with Gasteiger partial charge in [-0.15, -0.1) is 0 Å². The number of carbonyl (C=O) groups excluding carboxylic acids is 1. The molecule has 1 amide bonds. The quantitative estimate of drug-likeness (QED) is 0.848. The van der Waals surface area contributed by atoms with Crippen molar-refractivity contribution in [3.63, 3.8) is 0 Å². The van der Waals surface area contributed by atoms with Crippen LogP contribution in [0.4, 0.5) is 4.79 Å². The molecule has 1 aromatic rings. The maximum Gasteiger partial charge on any atom is 0.410 e. The van der Waals surface area contributed by atoms with Crippen LogP contribution in [-0.2, 0) is 16.1 Å². The van der Waals surface area contributed by atoms with E-state index in [-0.39, 0.29) is 12.0 Å². The topological polar surface area (TPSA) is 51.1 Å². The molecule has 0 aliphatic carbocycles. The molecule has 0 aromatic heterocycles. The third-order valence-corrected chi connectivity index (χ3v) is 3.61. The second-order valence-electron chi connectivity index (χ2n) is 5.04. The maximum atomic E-state index is 12.0. The van der Waals surface area contributed by atoms with Crippen LogP contribution in [0, 0.1) is 5.92 Å². The molecule has 2 aliphatic heterocycles. The van der Waals surface area contributed by atoms with Gasteiger partial charge in [-0.2, -0.15) is 0 Å². The summed E-state index contributed by atoms with van der Waals surface area (Å²) in [6.07, 6.45) is 0.647. The lowest BCUT2D eigenvalue weighted by Crippen LogP contribution is -2.30. The highest BCUT2D eigenvalue weighted by atomic mass is 16.6. The molecule has 3 rings (SSSR count). The number of rotatable bonds is 3. The van der Waals surface area contributed by atoms with Crippen molar-refractivity contribution in [2.75, 3.05) is 26.2 Å². The summed E-state index contributed by atoms with van der Waals surface area (Å²) in [5, 5.41) is 0. The lowest BCUT2D eigenvalue weighted by atomic mass is 10.1. The molecule has 0 unspecified atom stereocenters. The zero-order valence-electron chi connectivity index (χ0n) is 11.3. The van der Waals surface area contributed by atoms with Crippen LogP contribution in [0.25, 0.3) is 0 Å². The summed E-state index contributed by atoms with van der Waals surface area (Å²) in [4.78, 5) is 18.1. The van der Waals surface area contributed by atoms with Gasteiger partial charge in [-0.25, -0.2) is 4.79 Å². The van der Waals surface area contributed by atoms with E-state index >= 15 is 0 Å². The van der Waals surface area contributed by atoms with Gasteiger partial charge in [0.25, 0.3) is 0 Å². The number of nitrogens with zero attached hydrogens (tertiary/aromatic N) is 2. The Morgan fingerprint density at radius 1 is 1.40 bits per heavy atom. The molecule has 5 heteroatoms. The van der Waals surface area contributed by atoms with E-state index in [1.165, 1.54) is 0 Å². The van der Waals surface area contributed by atoms with E-state index in [4.69, 9.17) is 9.47 Å². The first-order chi connectivity index (χ1) is 9.83. The fourth-order valence-electron chi connectivity index (χ4n) is 2.54. The molecule has 20 heavy (non-hydrogen) atoms. The van der Waals surface area contributed by atoms with E-state index in [9.17, 15) is 4.79 Å². The van der Waals surface area contributed by atoms with Crippen molar-refractivity contribution in [2.24, 2.45) is 10.9 Å². The second-order valence-corrected chi connectivity index (χ2v) is 5.04. The van der Waals surface area contributed by atoms with E-state index in [0.29, 0.717) is 26.3 Å². The normalized spacial score (nSPS) is 21.5. The Kier molecular flexibility index (Phi) is 3.85. The summed E-state index contributed by atoms with van der Waals surface area (Å²) in [5.41, 5.74) is 1.00. The van der Waals surface area contributed by atoms with Crippen LogP contribution in [-0.4, -0.2) is 43.1 Å². The molecule has 0 N–H and O–H groups in total. The summed E-state index contributed by atoms with van der Waals surface area (Å²) in [6.45, 7) is 3.08. The van der Waals surface area contributed by atoms with Crippen molar-refractivity contribution in [3.05, 3.63) is 35.9 Å².